The minimum Gasteiger partial charge on any atom is -0.497 e. The highest BCUT2D eigenvalue weighted by Crippen LogP contribution is 2.44. The average molecular weight is 262 g/mol. The standard InChI is InChI=1S/C15H18O2S/c1-17-10-6-7-11-13(8-10)12-4-2-3-5-15(12)18-9-14(11)16/h6-8,12,15H,2-5,9H2,1H3/t12-,15-/m0/s1. The van der Waals surface area contributed by atoms with E-state index < -0.39 is 0 Å². The van der Waals surface area contributed by atoms with Gasteiger partial charge in [-0.05, 0) is 42.5 Å². The van der Waals surface area contributed by atoms with Crippen LogP contribution in [0.1, 0.15) is 47.5 Å². The highest BCUT2D eigenvalue weighted by atomic mass is 32.2. The molecule has 0 unspecified atom stereocenters. The number of hydrogen-bond acceptors (Lipinski definition) is 3. The van der Waals surface area contributed by atoms with Gasteiger partial charge in [0.1, 0.15) is 5.75 Å². The Morgan fingerprint density at radius 2 is 2.11 bits per heavy atom. The fourth-order valence-electron chi connectivity index (χ4n) is 3.14. The normalized spacial score (nSPS) is 27.1. The van der Waals surface area contributed by atoms with Crippen LogP contribution in [0.5, 0.6) is 5.75 Å². The summed E-state index contributed by atoms with van der Waals surface area (Å²) in [7, 11) is 1.69. The summed E-state index contributed by atoms with van der Waals surface area (Å²) in [5, 5.41) is 0.621. The molecule has 1 fully saturated rings. The molecular weight excluding hydrogens is 244 g/mol. The van der Waals surface area contributed by atoms with Gasteiger partial charge in [0.15, 0.2) is 5.78 Å². The van der Waals surface area contributed by atoms with Crippen molar-refractivity contribution in [3.63, 3.8) is 0 Å². The topological polar surface area (TPSA) is 26.3 Å². The number of methoxy groups -OCH3 is 1. The molecule has 1 aromatic carbocycles. The maximum atomic E-state index is 12.2. The van der Waals surface area contributed by atoms with Gasteiger partial charge in [-0.1, -0.05) is 12.8 Å². The molecule has 1 saturated carbocycles. The van der Waals surface area contributed by atoms with E-state index in [0.29, 0.717) is 16.9 Å². The highest BCUT2D eigenvalue weighted by molar-refractivity contribution is 8.00. The van der Waals surface area contributed by atoms with Crippen LogP contribution in [0.2, 0.25) is 0 Å². The maximum Gasteiger partial charge on any atom is 0.173 e. The number of ether oxygens (including phenoxy) is 1. The van der Waals surface area contributed by atoms with Crippen molar-refractivity contribution in [1.82, 2.24) is 0 Å². The fourth-order valence-corrected chi connectivity index (χ4v) is 4.51. The van der Waals surface area contributed by atoms with Crippen molar-refractivity contribution in [2.24, 2.45) is 0 Å². The molecule has 2 nitrogen and oxygen atoms in total. The van der Waals surface area contributed by atoms with Crippen LogP contribution in [0.3, 0.4) is 0 Å². The maximum absolute atomic E-state index is 12.2. The van der Waals surface area contributed by atoms with Crippen LogP contribution in [0.4, 0.5) is 0 Å². The van der Waals surface area contributed by atoms with E-state index >= 15 is 0 Å². The van der Waals surface area contributed by atoms with Gasteiger partial charge in [-0.25, -0.2) is 0 Å². The van der Waals surface area contributed by atoms with Crippen LogP contribution in [0.25, 0.3) is 0 Å². The number of ketones is 1. The number of thioether (sulfide) groups is 1. The van der Waals surface area contributed by atoms with Gasteiger partial charge in [0.25, 0.3) is 0 Å². The SMILES string of the molecule is COc1ccc2c(c1)[C@@H]1CCCC[C@@H]1SCC2=O. The zero-order chi connectivity index (χ0) is 12.5. The lowest BCUT2D eigenvalue weighted by Crippen LogP contribution is -2.19. The van der Waals surface area contributed by atoms with E-state index in [9.17, 15) is 4.79 Å². The molecule has 1 aliphatic carbocycles. The van der Waals surface area contributed by atoms with Gasteiger partial charge in [0.2, 0.25) is 0 Å². The molecule has 0 amide bonds. The Morgan fingerprint density at radius 3 is 2.94 bits per heavy atom. The van der Waals surface area contributed by atoms with Gasteiger partial charge < -0.3 is 4.74 Å². The molecule has 2 aliphatic rings. The van der Waals surface area contributed by atoms with Crippen molar-refractivity contribution in [3.05, 3.63) is 29.3 Å². The molecule has 3 rings (SSSR count). The number of carbonyl (C=O) groups is 1. The molecule has 0 aromatic heterocycles. The Morgan fingerprint density at radius 1 is 1.28 bits per heavy atom. The van der Waals surface area contributed by atoms with Crippen molar-refractivity contribution in [2.75, 3.05) is 12.9 Å². The Bertz CT molecular complexity index is 470. The van der Waals surface area contributed by atoms with Crippen LogP contribution in [-0.2, 0) is 0 Å². The smallest absolute Gasteiger partial charge is 0.173 e. The monoisotopic (exact) mass is 262 g/mol. The summed E-state index contributed by atoms with van der Waals surface area (Å²) in [5.74, 6) is 2.34. The van der Waals surface area contributed by atoms with Crippen molar-refractivity contribution >= 4 is 17.5 Å². The number of benzene rings is 1. The third-order valence-electron chi connectivity index (χ3n) is 4.09. The van der Waals surface area contributed by atoms with Gasteiger partial charge in [-0.15, -0.1) is 11.8 Å². The average Bonchev–Trinajstić information content (AvgIpc) is 2.57. The van der Waals surface area contributed by atoms with Crippen LogP contribution in [-0.4, -0.2) is 23.9 Å². The number of hydrogen-bond donors (Lipinski definition) is 0. The molecule has 2 atom stereocenters. The zero-order valence-electron chi connectivity index (χ0n) is 10.6. The third kappa shape index (κ3) is 2.05. The zero-order valence-corrected chi connectivity index (χ0v) is 11.5. The lowest BCUT2D eigenvalue weighted by atomic mass is 9.81. The van der Waals surface area contributed by atoms with E-state index in [1.807, 2.05) is 23.9 Å². The summed E-state index contributed by atoms with van der Waals surface area (Å²) in [6.45, 7) is 0. The molecule has 96 valence electrons. The highest BCUT2D eigenvalue weighted by Gasteiger charge is 2.33. The van der Waals surface area contributed by atoms with Gasteiger partial charge in [0, 0.05) is 10.8 Å². The summed E-state index contributed by atoms with van der Waals surface area (Å²) in [6, 6.07) is 5.95. The van der Waals surface area contributed by atoms with E-state index in [4.69, 9.17) is 4.74 Å². The lowest BCUT2D eigenvalue weighted by molar-refractivity contribution is 0.102. The molecule has 1 aliphatic heterocycles. The number of Topliss-reactive ketones (excluding diaryl/α,β-unsaturated/α-hetero) is 1. The quantitative estimate of drug-likeness (QED) is 0.772. The second-order valence-electron chi connectivity index (χ2n) is 5.12. The first-order valence-corrected chi connectivity index (χ1v) is 7.67. The van der Waals surface area contributed by atoms with Crippen LogP contribution < -0.4 is 4.74 Å². The second-order valence-corrected chi connectivity index (χ2v) is 6.34. The van der Waals surface area contributed by atoms with E-state index in [-0.39, 0.29) is 5.78 Å². The summed E-state index contributed by atoms with van der Waals surface area (Å²) >= 11 is 1.86. The Labute approximate surface area is 112 Å². The molecule has 0 N–H and O–H groups in total. The van der Waals surface area contributed by atoms with E-state index in [1.54, 1.807) is 7.11 Å². The number of fused-ring (bicyclic) bond motifs is 3. The number of carbonyl (C=O) groups excluding carboxylic acids is 1. The summed E-state index contributed by atoms with van der Waals surface area (Å²) in [4.78, 5) is 12.2. The van der Waals surface area contributed by atoms with Gasteiger partial charge in [-0.2, -0.15) is 0 Å². The molecule has 1 heterocycles. The van der Waals surface area contributed by atoms with Crippen molar-refractivity contribution in [3.8, 4) is 5.75 Å². The molecule has 3 heteroatoms. The number of rotatable bonds is 1. The van der Waals surface area contributed by atoms with Gasteiger partial charge >= 0.3 is 0 Å². The van der Waals surface area contributed by atoms with E-state index in [2.05, 4.69) is 6.07 Å². The molecule has 0 saturated heterocycles. The first-order valence-electron chi connectivity index (χ1n) is 6.62. The Hall–Kier alpha value is -0.960. The molecule has 0 spiro atoms. The largest absolute Gasteiger partial charge is 0.497 e. The van der Waals surface area contributed by atoms with Gasteiger partial charge in [0.05, 0.1) is 12.9 Å². The Balaban J connectivity index is 2.07. The van der Waals surface area contributed by atoms with Crippen molar-refractivity contribution < 1.29 is 9.53 Å². The molecule has 0 bridgehead atoms. The summed E-state index contributed by atoms with van der Waals surface area (Å²) in [6.07, 6.45) is 5.05. The first-order chi connectivity index (χ1) is 8.79. The van der Waals surface area contributed by atoms with Crippen molar-refractivity contribution in [1.29, 1.82) is 0 Å². The minimum atomic E-state index is 0.284. The van der Waals surface area contributed by atoms with Crippen LogP contribution in [0.15, 0.2) is 18.2 Å². The molecule has 18 heavy (non-hydrogen) atoms. The predicted molar refractivity (Wildman–Crippen MR) is 74.8 cm³/mol. The van der Waals surface area contributed by atoms with Gasteiger partial charge in [-0.3, -0.25) is 4.79 Å². The molecule has 1 aromatic rings. The summed E-state index contributed by atoms with van der Waals surface area (Å²) in [5.41, 5.74) is 2.16. The van der Waals surface area contributed by atoms with Crippen LogP contribution in [0, 0.1) is 0 Å². The lowest BCUT2D eigenvalue weighted by Gasteiger charge is -2.30. The second kappa shape index (κ2) is 4.96. The predicted octanol–water partition coefficient (Wildman–Crippen LogP) is 3.65. The third-order valence-corrected chi connectivity index (χ3v) is 5.51. The molecular formula is C15H18O2S. The Kier molecular flexibility index (Phi) is 3.33. The van der Waals surface area contributed by atoms with E-state index in [1.165, 1.54) is 31.2 Å². The fraction of sp³-hybridized carbons (Fsp3) is 0.533. The van der Waals surface area contributed by atoms with Crippen LogP contribution >= 0.6 is 11.8 Å². The minimum absolute atomic E-state index is 0.284. The molecule has 0 radical (unpaired) electrons. The first kappa shape index (κ1) is 12.1. The van der Waals surface area contributed by atoms with E-state index in [0.717, 1.165) is 11.3 Å². The summed E-state index contributed by atoms with van der Waals surface area (Å²) < 4.78 is 5.32. The van der Waals surface area contributed by atoms with Crippen molar-refractivity contribution in [2.45, 2.75) is 36.9 Å².